The summed E-state index contributed by atoms with van der Waals surface area (Å²) in [5.74, 6) is 0.920. The molecule has 2 aliphatic heterocycles. The molecule has 1 unspecified atom stereocenters. The lowest BCUT2D eigenvalue weighted by Crippen LogP contribution is -2.32. The number of nitrogens with zero attached hydrogens (tertiary/aromatic N) is 1. The molecule has 2 fully saturated rings. The van der Waals surface area contributed by atoms with Crippen LogP contribution in [0.15, 0.2) is 24.3 Å². The molecule has 1 N–H and O–H groups in total. The van der Waals surface area contributed by atoms with Gasteiger partial charge < -0.3 is 15.0 Å². The molecular formula is C18H26N2O2. The fourth-order valence-electron chi connectivity index (χ4n) is 3.21. The van der Waals surface area contributed by atoms with Crippen LogP contribution in [0.4, 0.5) is 11.4 Å². The Kier molecular flexibility index (Phi) is 4.98. The first-order valence-electron chi connectivity index (χ1n) is 8.46. The summed E-state index contributed by atoms with van der Waals surface area (Å²) >= 11 is 0. The molecular weight excluding hydrogens is 276 g/mol. The van der Waals surface area contributed by atoms with Gasteiger partial charge in [0, 0.05) is 31.1 Å². The normalized spacial score (nSPS) is 23.3. The van der Waals surface area contributed by atoms with Crippen LogP contribution >= 0.6 is 0 Å². The minimum Gasteiger partial charge on any atom is -0.381 e. The molecule has 1 aromatic carbocycles. The molecule has 0 radical (unpaired) electrons. The molecule has 0 bridgehead atoms. The van der Waals surface area contributed by atoms with Crippen molar-refractivity contribution in [2.75, 3.05) is 36.5 Å². The predicted molar refractivity (Wildman–Crippen MR) is 89.2 cm³/mol. The Morgan fingerprint density at radius 2 is 1.91 bits per heavy atom. The van der Waals surface area contributed by atoms with E-state index in [0.717, 1.165) is 44.1 Å². The Morgan fingerprint density at radius 1 is 1.18 bits per heavy atom. The van der Waals surface area contributed by atoms with Crippen LogP contribution in [0.1, 0.15) is 32.6 Å². The van der Waals surface area contributed by atoms with Gasteiger partial charge in [-0.3, -0.25) is 4.79 Å². The number of piperidine rings is 1. The van der Waals surface area contributed by atoms with Gasteiger partial charge in [-0.25, -0.2) is 0 Å². The first-order valence-corrected chi connectivity index (χ1v) is 8.46. The fraction of sp³-hybridized carbons (Fsp3) is 0.611. The van der Waals surface area contributed by atoms with Crippen molar-refractivity contribution in [3.05, 3.63) is 24.3 Å². The van der Waals surface area contributed by atoms with Gasteiger partial charge in [0.05, 0.1) is 12.5 Å². The van der Waals surface area contributed by atoms with Gasteiger partial charge in [-0.15, -0.1) is 0 Å². The van der Waals surface area contributed by atoms with Gasteiger partial charge in [-0.2, -0.15) is 0 Å². The van der Waals surface area contributed by atoms with Crippen molar-refractivity contribution in [2.45, 2.75) is 32.6 Å². The van der Waals surface area contributed by atoms with Crippen molar-refractivity contribution in [1.29, 1.82) is 0 Å². The summed E-state index contributed by atoms with van der Waals surface area (Å²) in [5.41, 5.74) is 2.13. The molecule has 0 aliphatic carbocycles. The van der Waals surface area contributed by atoms with E-state index in [0.29, 0.717) is 6.61 Å². The molecule has 2 aliphatic rings. The number of hydrogen-bond acceptors (Lipinski definition) is 3. The highest BCUT2D eigenvalue weighted by atomic mass is 16.5. The van der Waals surface area contributed by atoms with Crippen LogP contribution in [0.3, 0.4) is 0 Å². The highest BCUT2D eigenvalue weighted by molar-refractivity contribution is 5.92. The number of carbonyl (C=O) groups excluding carboxylic acids is 1. The number of ether oxygens (including phenoxy) is 1. The van der Waals surface area contributed by atoms with E-state index < -0.39 is 0 Å². The Balaban J connectivity index is 1.56. The molecule has 1 amide bonds. The van der Waals surface area contributed by atoms with Crippen molar-refractivity contribution in [2.24, 2.45) is 11.8 Å². The highest BCUT2D eigenvalue weighted by Gasteiger charge is 2.22. The van der Waals surface area contributed by atoms with Crippen molar-refractivity contribution in [3.63, 3.8) is 0 Å². The summed E-state index contributed by atoms with van der Waals surface area (Å²) in [6.45, 7) is 5.92. The van der Waals surface area contributed by atoms with Gasteiger partial charge >= 0.3 is 0 Å². The van der Waals surface area contributed by atoms with Crippen LogP contribution in [0.25, 0.3) is 0 Å². The first kappa shape index (κ1) is 15.3. The Bertz CT molecular complexity index is 486. The van der Waals surface area contributed by atoms with E-state index in [1.54, 1.807) is 0 Å². The second-order valence-electron chi connectivity index (χ2n) is 6.62. The number of rotatable bonds is 3. The van der Waals surface area contributed by atoms with Crippen LogP contribution in [0.5, 0.6) is 0 Å². The summed E-state index contributed by atoms with van der Waals surface area (Å²) in [4.78, 5) is 14.6. The zero-order valence-electron chi connectivity index (χ0n) is 13.4. The Labute approximate surface area is 132 Å². The maximum Gasteiger partial charge on any atom is 0.229 e. The highest BCUT2D eigenvalue weighted by Crippen LogP contribution is 2.24. The summed E-state index contributed by atoms with van der Waals surface area (Å²) in [6, 6.07) is 8.25. The Hall–Kier alpha value is -1.55. The molecule has 1 aromatic rings. The maximum atomic E-state index is 12.2. The minimum absolute atomic E-state index is 0.00277. The van der Waals surface area contributed by atoms with Gasteiger partial charge in [-0.1, -0.05) is 6.92 Å². The number of anilines is 2. The maximum absolute atomic E-state index is 12.2. The number of benzene rings is 1. The summed E-state index contributed by atoms with van der Waals surface area (Å²) in [5, 5.41) is 3.01. The second-order valence-corrected chi connectivity index (χ2v) is 6.62. The van der Waals surface area contributed by atoms with E-state index in [9.17, 15) is 4.79 Å². The smallest absolute Gasteiger partial charge is 0.229 e. The van der Waals surface area contributed by atoms with E-state index in [-0.39, 0.29) is 11.8 Å². The average Bonchev–Trinajstić information content (AvgIpc) is 2.57. The van der Waals surface area contributed by atoms with Gasteiger partial charge in [0.2, 0.25) is 5.91 Å². The van der Waals surface area contributed by atoms with E-state index in [1.807, 2.05) is 12.1 Å². The number of carbonyl (C=O) groups is 1. The van der Waals surface area contributed by atoms with E-state index in [4.69, 9.17) is 4.74 Å². The predicted octanol–water partition coefficient (Wildman–Crippen LogP) is 3.29. The third-order valence-electron chi connectivity index (χ3n) is 4.81. The van der Waals surface area contributed by atoms with Gasteiger partial charge in [0.1, 0.15) is 0 Å². The van der Waals surface area contributed by atoms with Crippen molar-refractivity contribution >= 4 is 17.3 Å². The quantitative estimate of drug-likeness (QED) is 0.931. The zero-order valence-corrected chi connectivity index (χ0v) is 13.4. The van der Waals surface area contributed by atoms with E-state index in [1.165, 1.54) is 18.5 Å². The monoisotopic (exact) mass is 302 g/mol. The third kappa shape index (κ3) is 3.80. The van der Waals surface area contributed by atoms with Gasteiger partial charge in [0.15, 0.2) is 0 Å². The van der Waals surface area contributed by atoms with Crippen LogP contribution in [-0.4, -0.2) is 32.2 Å². The molecule has 4 heteroatoms. The van der Waals surface area contributed by atoms with Gasteiger partial charge in [-0.05, 0) is 55.9 Å². The topological polar surface area (TPSA) is 41.6 Å². The molecule has 2 saturated heterocycles. The van der Waals surface area contributed by atoms with Crippen LogP contribution in [0, 0.1) is 11.8 Å². The van der Waals surface area contributed by atoms with E-state index in [2.05, 4.69) is 29.3 Å². The molecule has 0 aromatic heterocycles. The SMILES string of the molecule is CC1CCN(c2ccc(NC(=O)C3CCCOC3)cc2)CC1. The molecule has 4 nitrogen and oxygen atoms in total. The molecule has 120 valence electrons. The van der Waals surface area contributed by atoms with Crippen molar-refractivity contribution in [1.82, 2.24) is 0 Å². The van der Waals surface area contributed by atoms with E-state index >= 15 is 0 Å². The number of amides is 1. The number of nitrogens with one attached hydrogen (secondary N) is 1. The molecule has 1 atom stereocenters. The molecule has 0 saturated carbocycles. The average molecular weight is 302 g/mol. The number of hydrogen-bond donors (Lipinski definition) is 1. The standard InChI is InChI=1S/C18H26N2O2/c1-14-8-10-20(11-9-14)17-6-4-16(5-7-17)19-18(21)15-3-2-12-22-13-15/h4-7,14-15H,2-3,8-13H2,1H3,(H,19,21). The summed E-state index contributed by atoms with van der Waals surface area (Å²) in [7, 11) is 0. The third-order valence-corrected chi connectivity index (χ3v) is 4.81. The molecule has 2 heterocycles. The lowest BCUT2D eigenvalue weighted by atomic mass is 9.99. The van der Waals surface area contributed by atoms with Crippen molar-refractivity contribution in [3.8, 4) is 0 Å². The van der Waals surface area contributed by atoms with Gasteiger partial charge in [0.25, 0.3) is 0 Å². The largest absolute Gasteiger partial charge is 0.381 e. The Morgan fingerprint density at radius 3 is 2.55 bits per heavy atom. The zero-order chi connectivity index (χ0) is 15.4. The van der Waals surface area contributed by atoms with Crippen LogP contribution in [0.2, 0.25) is 0 Å². The molecule has 22 heavy (non-hydrogen) atoms. The minimum atomic E-state index is -0.00277. The lowest BCUT2D eigenvalue weighted by molar-refractivity contribution is -0.123. The van der Waals surface area contributed by atoms with Crippen LogP contribution < -0.4 is 10.2 Å². The lowest BCUT2D eigenvalue weighted by Gasteiger charge is -2.32. The van der Waals surface area contributed by atoms with Crippen molar-refractivity contribution < 1.29 is 9.53 Å². The fourth-order valence-corrected chi connectivity index (χ4v) is 3.21. The van der Waals surface area contributed by atoms with Crippen LogP contribution in [-0.2, 0) is 9.53 Å². The second kappa shape index (κ2) is 7.14. The first-order chi connectivity index (χ1) is 10.7. The molecule has 0 spiro atoms. The molecule has 3 rings (SSSR count). The summed E-state index contributed by atoms with van der Waals surface area (Å²) < 4.78 is 5.38. The summed E-state index contributed by atoms with van der Waals surface area (Å²) in [6.07, 6.45) is 4.43.